The second-order valence-electron chi connectivity index (χ2n) is 5.28. The summed E-state index contributed by atoms with van der Waals surface area (Å²) in [6, 6.07) is 13.2. The van der Waals surface area contributed by atoms with Gasteiger partial charge in [0.05, 0.1) is 12.2 Å². The predicted molar refractivity (Wildman–Crippen MR) is 75.0 cm³/mol. The van der Waals surface area contributed by atoms with Crippen molar-refractivity contribution in [1.29, 1.82) is 0 Å². The van der Waals surface area contributed by atoms with Gasteiger partial charge in [-0.15, -0.1) is 5.10 Å². The van der Waals surface area contributed by atoms with Crippen molar-refractivity contribution in [2.24, 2.45) is 0 Å². The molecule has 2 aromatic rings. The highest BCUT2D eigenvalue weighted by molar-refractivity contribution is 5.65. The molecule has 1 aromatic heterocycles. The number of fused-ring (bicyclic) bond motifs is 2. The molecule has 4 heterocycles. The average molecular weight is 252 g/mol. The first-order valence-electron chi connectivity index (χ1n) is 6.77. The van der Waals surface area contributed by atoms with Crippen LogP contribution >= 0.6 is 0 Å². The third-order valence-corrected chi connectivity index (χ3v) is 4.08. The van der Waals surface area contributed by atoms with Gasteiger partial charge in [-0.25, -0.2) is 0 Å². The third kappa shape index (κ3) is 1.88. The van der Waals surface area contributed by atoms with E-state index >= 15 is 0 Å². The van der Waals surface area contributed by atoms with Crippen LogP contribution < -0.4 is 4.90 Å². The lowest BCUT2D eigenvalue weighted by Crippen LogP contribution is -2.66. The number of benzene rings is 1. The molecule has 0 unspecified atom stereocenters. The topological polar surface area (TPSA) is 32.3 Å². The fourth-order valence-corrected chi connectivity index (χ4v) is 2.94. The van der Waals surface area contributed by atoms with E-state index in [1.165, 1.54) is 18.7 Å². The first-order chi connectivity index (χ1) is 9.40. The maximum Gasteiger partial charge on any atom is 0.152 e. The molecular weight excluding hydrogens is 236 g/mol. The zero-order chi connectivity index (χ0) is 12.7. The van der Waals surface area contributed by atoms with Gasteiger partial charge in [-0.1, -0.05) is 30.3 Å². The van der Waals surface area contributed by atoms with Gasteiger partial charge in [0, 0.05) is 31.7 Å². The number of hydrogen-bond acceptors (Lipinski definition) is 4. The third-order valence-electron chi connectivity index (χ3n) is 4.08. The van der Waals surface area contributed by atoms with Crippen molar-refractivity contribution in [2.75, 3.05) is 31.1 Å². The Hall–Kier alpha value is -1.94. The Balaban J connectivity index is 1.67. The van der Waals surface area contributed by atoms with Crippen molar-refractivity contribution >= 4 is 5.82 Å². The van der Waals surface area contributed by atoms with Crippen LogP contribution in [0.15, 0.2) is 42.6 Å². The van der Waals surface area contributed by atoms with Crippen LogP contribution in [-0.4, -0.2) is 47.3 Å². The number of piperazine rings is 2. The zero-order valence-corrected chi connectivity index (χ0v) is 10.7. The molecule has 0 atom stereocenters. The number of aromatic nitrogens is 2. The van der Waals surface area contributed by atoms with E-state index in [4.69, 9.17) is 0 Å². The van der Waals surface area contributed by atoms with Gasteiger partial charge in [0.1, 0.15) is 0 Å². The van der Waals surface area contributed by atoms with Gasteiger partial charge in [0.25, 0.3) is 0 Å². The monoisotopic (exact) mass is 252 g/mol. The van der Waals surface area contributed by atoms with Crippen LogP contribution in [0, 0.1) is 0 Å². The molecule has 0 aliphatic carbocycles. The molecule has 0 N–H and O–H groups in total. The van der Waals surface area contributed by atoms with Crippen molar-refractivity contribution < 1.29 is 0 Å². The molecular formula is C15H16N4. The van der Waals surface area contributed by atoms with Crippen LogP contribution in [0.1, 0.15) is 0 Å². The van der Waals surface area contributed by atoms with E-state index in [0.29, 0.717) is 6.04 Å². The summed E-state index contributed by atoms with van der Waals surface area (Å²) < 4.78 is 0. The summed E-state index contributed by atoms with van der Waals surface area (Å²) in [7, 11) is 0. The minimum Gasteiger partial charge on any atom is -0.348 e. The molecule has 5 rings (SSSR count). The number of nitrogens with zero attached hydrogens (tertiary/aromatic N) is 4. The normalized spacial score (nSPS) is 24.9. The molecule has 0 amide bonds. The zero-order valence-electron chi connectivity index (χ0n) is 10.7. The van der Waals surface area contributed by atoms with Crippen molar-refractivity contribution in [2.45, 2.75) is 6.04 Å². The summed E-state index contributed by atoms with van der Waals surface area (Å²) in [5.41, 5.74) is 2.35. The van der Waals surface area contributed by atoms with Crippen LogP contribution in [0.5, 0.6) is 0 Å². The SMILES string of the molecule is c1ccc(-c2cnnc(N3CCN4CC3C4)c2)cc1. The second kappa shape index (κ2) is 4.31. The standard InChI is InChI=1S/C15H16N4/c1-2-4-12(5-3-1)13-8-15(17-16-9-13)19-7-6-18-10-14(19)11-18/h1-5,8-9,14H,6-7,10-11H2. The molecule has 3 saturated heterocycles. The highest BCUT2D eigenvalue weighted by Crippen LogP contribution is 2.27. The Morgan fingerprint density at radius 2 is 1.84 bits per heavy atom. The Bertz CT molecular complexity index is 575. The maximum absolute atomic E-state index is 4.32. The minimum absolute atomic E-state index is 0.633. The number of rotatable bonds is 2. The van der Waals surface area contributed by atoms with E-state index in [-0.39, 0.29) is 0 Å². The lowest BCUT2D eigenvalue weighted by Gasteiger charge is -2.51. The lowest BCUT2D eigenvalue weighted by atomic mass is 10.0. The summed E-state index contributed by atoms with van der Waals surface area (Å²) in [6.45, 7) is 4.57. The predicted octanol–water partition coefficient (Wildman–Crippen LogP) is 1.65. The first kappa shape index (κ1) is 10.9. The largest absolute Gasteiger partial charge is 0.348 e. The minimum atomic E-state index is 0.633. The molecule has 0 radical (unpaired) electrons. The molecule has 4 nitrogen and oxygen atoms in total. The van der Waals surface area contributed by atoms with Crippen LogP contribution in [0.2, 0.25) is 0 Å². The van der Waals surface area contributed by atoms with Gasteiger partial charge in [-0.2, -0.15) is 5.10 Å². The Labute approximate surface area is 112 Å². The van der Waals surface area contributed by atoms with E-state index in [1.54, 1.807) is 0 Å². The maximum atomic E-state index is 4.32. The Morgan fingerprint density at radius 3 is 2.58 bits per heavy atom. The van der Waals surface area contributed by atoms with Crippen LogP contribution in [0.25, 0.3) is 11.1 Å². The fraction of sp³-hybridized carbons (Fsp3) is 0.333. The lowest BCUT2D eigenvalue weighted by molar-refractivity contribution is 0.109. The average Bonchev–Trinajstić information content (AvgIpc) is 2.48. The Morgan fingerprint density at radius 1 is 1.00 bits per heavy atom. The number of anilines is 1. The molecule has 0 saturated carbocycles. The van der Waals surface area contributed by atoms with Gasteiger partial charge in [-0.05, 0) is 11.6 Å². The molecule has 2 bridgehead atoms. The summed E-state index contributed by atoms with van der Waals surface area (Å²) >= 11 is 0. The van der Waals surface area contributed by atoms with Gasteiger partial charge < -0.3 is 4.90 Å². The summed E-state index contributed by atoms with van der Waals surface area (Å²) in [4.78, 5) is 4.88. The van der Waals surface area contributed by atoms with E-state index in [0.717, 1.165) is 24.5 Å². The summed E-state index contributed by atoms with van der Waals surface area (Å²) in [6.07, 6.45) is 1.84. The molecule has 96 valence electrons. The highest BCUT2D eigenvalue weighted by Gasteiger charge is 2.37. The second-order valence-corrected chi connectivity index (χ2v) is 5.28. The fourth-order valence-electron chi connectivity index (χ4n) is 2.94. The van der Waals surface area contributed by atoms with Crippen LogP contribution in [0.4, 0.5) is 5.82 Å². The van der Waals surface area contributed by atoms with Gasteiger partial charge in [0.15, 0.2) is 5.82 Å². The van der Waals surface area contributed by atoms with Crippen molar-refractivity contribution in [3.63, 3.8) is 0 Å². The first-order valence-corrected chi connectivity index (χ1v) is 6.77. The molecule has 4 heteroatoms. The quantitative estimate of drug-likeness (QED) is 0.813. The van der Waals surface area contributed by atoms with E-state index in [2.05, 4.69) is 50.3 Å². The van der Waals surface area contributed by atoms with Gasteiger partial charge in [-0.3, -0.25) is 4.90 Å². The highest BCUT2D eigenvalue weighted by atomic mass is 15.4. The van der Waals surface area contributed by atoms with Crippen molar-refractivity contribution in [1.82, 2.24) is 15.1 Å². The van der Waals surface area contributed by atoms with Crippen molar-refractivity contribution in [3.8, 4) is 11.1 Å². The van der Waals surface area contributed by atoms with Crippen LogP contribution in [0.3, 0.4) is 0 Å². The van der Waals surface area contributed by atoms with Gasteiger partial charge in [0.2, 0.25) is 0 Å². The molecule has 3 fully saturated rings. The smallest absolute Gasteiger partial charge is 0.152 e. The van der Waals surface area contributed by atoms with E-state index < -0.39 is 0 Å². The van der Waals surface area contributed by atoms with Gasteiger partial charge >= 0.3 is 0 Å². The molecule has 0 spiro atoms. The van der Waals surface area contributed by atoms with E-state index in [1.807, 2.05) is 12.3 Å². The summed E-state index contributed by atoms with van der Waals surface area (Å²) in [5.74, 6) is 1.02. The molecule has 3 aliphatic rings. The Kier molecular flexibility index (Phi) is 2.48. The van der Waals surface area contributed by atoms with E-state index in [9.17, 15) is 0 Å². The molecule has 3 aliphatic heterocycles. The molecule has 1 aromatic carbocycles. The van der Waals surface area contributed by atoms with Crippen molar-refractivity contribution in [3.05, 3.63) is 42.6 Å². The summed E-state index contributed by atoms with van der Waals surface area (Å²) in [5, 5.41) is 8.50. The number of hydrogen-bond donors (Lipinski definition) is 0. The molecule has 19 heavy (non-hydrogen) atoms. The van der Waals surface area contributed by atoms with Crippen LogP contribution in [-0.2, 0) is 0 Å².